The van der Waals surface area contributed by atoms with Crippen LogP contribution in [0.15, 0.2) is 42.2 Å². The number of hydrogen-bond donors (Lipinski definition) is 0. The fraction of sp³-hybridized carbons (Fsp3) is 0.214. The van der Waals surface area contributed by atoms with Crippen molar-refractivity contribution in [2.45, 2.75) is 10.7 Å². The lowest BCUT2D eigenvalue weighted by Gasteiger charge is -2.25. The molecule has 1 aliphatic rings. The number of alkyl halides is 1. The van der Waals surface area contributed by atoms with Gasteiger partial charge in [0, 0.05) is 5.56 Å². The summed E-state index contributed by atoms with van der Waals surface area (Å²) in [5, 5.41) is 0. The first-order chi connectivity index (χ1) is 8.99. The van der Waals surface area contributed by atoms with Crippen LogP contribution >= 0.6 is 15.9 Å². The molecule has 0 amide bonds. The standard InChI is InChI=1S/C14H11BrF2O2/c1-19-13(18)14(15)7-6-9(8-12(14)17)10-4-2-3-5-11(10)16/h2-6,8H,7H2,1H3. The molecule has 0 N–H and O–H groups in total. The van der Waals surface area contributed by atoms with Gasteiger partial charge < -0.3 is 4.74 Å². The predicted octanol–water partition coefficient (Wildman–Crippen LogP) is 3.77. The van der Waals surface area contributed by atoms with E-state index in [0.29, 0.717) is 11.1 Å². The van der Waals surface area contributed by atoms with Gasteiger partial charge in [-0.25, -0.2) is 8.78 Å². The zero-order valence-corrected chi connectivity index (χ0v) is 11.7. The Balaban J connectivity index is 2.37. The zero-order valence-electron chi connectivity index (χ0n) is 10.1. The second kappa shape index (κ2) is 5.25. The minimum absolute atomic E-state index is 0.0612. The van der Waals surface area contributed by atoms with Crippen LogP contribution < -0.4 is 0 Å². The SMILES string of the molecule is COC(=O)C1(Br)CC=C(c2ccccc2F)C=C1F. The molecule has 0 bridgehead atoms. The second-order valence-electron chi connectivity index (χ2n) is 4.13. The van der Waals surface area contributed by atoms with Crippen LogP contribution in [0.1, 0.15) is 12.0 Å². The third-order valence-corrected chi connectivity index (χ3v) is 3.98. The van der Waals surface area contributed by atoms with Crippen molar-refractivity contribution in [3.63, 3.8) is 0 Å². The normalized spacial score (nSPS) is 22.5. The first kappa shape index (κ1) is 13.9. The van der Waals surface area contributed by atoms with E-state index >= 15 is 0 Å². The smallest absolute Gasteiger partial charge is 0.329 e. The van der Waals surface area contributed by atoms with Crippen LogP contribution in [0.3, 0.4) is 0 Å². The molecular formula is C14H11BrF2O2. The summed E-state index contributed by atoms with van der Waals surface area (Å²) in [6, 6.07) is 6.09. The molecule has 0 radical (unpaired) electrons. The van der Waals surface area contributed by atoms with Crippen LogP contribution in [0.25, 0.3) is 5.57 Å². The lowest BCUT2D eigenvalue weighted by atomic mass is 9.91. The highest BCUT2D eigenvalue weighted by Gasteiger charge is 2.42. The fourth-order valence-corrected chi connectivity index (χ4v) is 2.32. The van der Waals surface area contributed by atoms with E-state index in [9.17, 15) is 13.6 Å². The third-order valence-electron chi connectivity index (χ3n) is 2.96. The van der Waals surface area contributed by atoms with Gasteiger partial charge in [-0.1, -0.05) is 40.2 Å². The van der Waals surface area contributed by atoms with Crippen molar-refractivity contribution in [1.82, 2.24) is 0 Å². The zero-order chi connectivity index (χ0) is 14.0. The van der Waals surface area contributed by atoms with E-state index in [1.165, 1.54) is 13.2 Å². The van der Waals surface area contributed by atoms with Crippen LogP contribution in [0.5, 0.6) is 0 Å². The Morgan fingerprint density at radius 3 is 2.63 bits per heavy atom. The Hall–Kier alpha value is -1.49. The molecule has 1 unspecified atom stereocenters. The van der Waals surface area contributed by atoms with Gasteiger partial charge in [0.1, 0.15) is 11.6 Å². The molecule has 0 saturated carbocycles. The van der Waals surface area contributed by atoms with Gasteiger partial charge in [0.25, 0.3) is 0 Å². The number of halogens is 3. The topological polar surface area (TPSA) is 26.3 Å². The molecule has 0 aromatic heterocycles. The molecule has 2 nitrogen and oxygen atoms in total. The van der Waals surface area contributed by atoms with Crippen LogP contribution in [-0.4, -0.2) is 17.4 Å². The van der Waals surface area contributed by atoms with E-state index in [1.807, 2.05) is 0 Å². The number of esters is 1. The van der Waals surface area contributed by atoms with Crippen molar-refractivity contribution in [3.05, 3.63) is 53.6 Å². The number of benzene rings is 1. The summed E-state index contributed by atoms with van der Waals surface area (Å²) in [5.74, 6) is -1.84. The summed E-state index contributed by atoms with van der Waals surface area (Å²) in [7, 11) is 1.19. The Morgan fingerprint density at radius 2 is 2.05 bits per heavy atom. The van der Waals surface area contributed by atoms with Crippen molar-refractivity contribution in [3.8, 4) is 0 Å². The third kappa shape index (κ3) is 2.47. The summed E-state index contributed by atoms with van der Waals surface area (Å²) < 4.78 is 30.8. The van der Waals surface area contributed by atoms with Gasteiger partial charge in [-0.15, -0.1) is 0 Å². The molecule has 100 valence electrons. The van der Waals surface area contributed by atoms with Crippen LogP contribution in [0.2, 0.25) is 0 Å². The minimum atomic E-state index is -1.50. The molecule has 1 aromatic carbocycles. The van der Waals surface area contributed by atoms with Crippen molar-refractivity contribution in [1.29, 1.82) is 0 Å². The van der Waals surface area contributed by atoms with Gasteiger partial charge >= 0.3 is 5.97 Å². The van der Waals surface area contributed by atoms with E-state index in [0.717, 1.165) is 6.08 Å². The highest BCUT2D eigenvalue weighted by molar-refractivity contribution is 9.10. The number of allylic oxidation sites excluding steroid dienone is 3. The molecule has 0 aliphatic heterocycles. The lowest BCUT2D eigenvalue weighted by Crippen LogP contribution is -2.34. The molecule has 1 aromatic rings. The summed E-state index contributed by atoms with van der Waals surface area (Å²) in [4.78, 5) is 11.6. The first-order valence-corrected chi connectivity index (χ1v) is 6.38. The number of methoxy groups -OCH3 is 1. The Bertz CT molecular complexity index is 581. The molecule has 0 saturated heterocycles. The molecule has 19 heavy (non-hydrogen) atoms. The molecule has 0 spiro atoms. The van der Waals surface area contributed by atoms with Gasteiger partial charge in [-0.3, -0.25) is 4.79 Å². The Labute approximate surface area is 117 Å². The van der Waals surface area contributed by atoms with Crippen molar-refractivity contribution in [2.75, 3.05) is 7.11 Å². The maximum atomic E-state index is 14.1. The summed E-state index contributed by atoms with van der Waals surface area (Å²) in [6.07, 6.45) is 2.81. The monoisotopic (exact) mass is 328 g/mol. The van der Waals surface area contributed by atoms with Gasteiger partial charge in [0.05, 0.1) is 7.11 Å². The summed E-state index contributed by atoms with van der Waals surface area (Å²) >= 11 is 3.05. The molecule has 5 heteroatoms. The van der Waals surface area contributed by atoms with Gasteiger partial charge in [0.15, 0.2) is 4.32 Å². The summed E-state index contributed by atoms with van der Waals surface area (Å²) in [6.45, 7) is 0. The van der Waals surface area contributed by atoms with E-state index in [4.69, 9.17) is 0 Å². The van der Waals surface area contributed by atoms with E-state index in [1.54, 1.807) is 24.3 Å². The molecule has 0 fully saturated rings. The fourth-order valence-electron chi connectivity index (χ4n) is 1.88. The first-order valence-electron chi connectivity index (χ1n) is 5.59. The quantitative estimate of drug-likeness (QED) is 0.610. The minimum Gasteiger partial charge on any atom is -0.468 e. The Kier molecular flexibility index (Phi) is 3.85. The van der Waals surface area contributed by atoms with Gasteiger partial charge in [-0.2, -0.15) is 0 Å². The number of carbonyl (C=O) groups excluding carboxylic acids is 1. The van der Waals surface area contributed by atoms with E-state index in [-0.39, 0.29) is 6.42 Å². The maximum Gasteiger partial charge on any atom is 0.329 e. The van der Waals surface area contributed by atoms with Gasteiger partial charge in [-0.05, 0) is 24.1 Å². The number of ether oxygens (including phenoxy) is 1. The van der Waals surface area contributed by atoms with Crippen molar-refractivity contribution >= 4 is 27.5 Å². The molecule has 2 rings (SSSR count). The average molecular weight is 329 g/mol. The second-order valence-corrected chi connectivity index (χ2v) is 5.48. The predicted molar refractivity (Wildman–Crippen MR) is 71.9 cm³/mol. The van der Waals surface area contributed by atoms with E-state index in [2.05, 4.69) is 20.7 Å². The number of rotatable bonds is 2. The van der Waals surface area contributed by atoms with Crippen LogP contribution in [0, 0.1) is 5.82 Å². The van der Waals surface area contributed by atoms with Crippen LogP contribution in [0.4, 0.5) is 8.78 Å². The molecular weight excluding hydrogens is 318 g/mol. The van der Waals surface area contributed by atoms with Crippen LogP contribution in [-0.2, 0) is 9.53 Å². The highest BCUT2D eigenvalue weighted by Crippen LogP contribution is 2.40. The number of carbonyl (C=O) groups is 1. The van der Waals surface area contributed by atoms with Crippen molar-refractivity contribution in [2.24, 2.45) is 0 Å². The van der Waals surface area contributed by atoms with Crippen molar-refractivity contribution < 1.29 is 18.3 Å². The number of hydrogen-bond acceptors (Lipinski definition) is 2. The molecule has 1 atom stereocenters. The van der Waals surface area contributed by atoms with E-state index < -0.39 is 21.9 Å². The average Bonchev–Trinajstić information content (AvgIpc) is 2.41. The molecule has 0 heterocycles. The maximum absolute atomic E-state index is 14.1. The van der Waals surface area contributed by atoms with Gasteiger partial charge in [0.2, 0.25) is 0 Å². The lowest BCUT2D eigenvalue weighted by molar-refractivity contribution is -0.142. The molecule has 1 aliphatic carbocycles. The largest absolute Gasteiger partial charge is 0.468 e. The Morgan fingerprint density at radius 1 is 1.37 bits per heavy atom. The summed E-state index contributed by atoms with van der Waals surface area (Å²) in [5.41, 5.74) is 0.714. The highest BCUT2D eigenvalue weighted by atomic mass is 79.9.